The maximum atomic E-state index is 13.0. The highest BCUT2D eigenvalue weighted by atomic mass is 32.2. The fraction of sp³-hybridized carbons (Fsp3) is 0.360. The van der Waals surface area contributed by atoms with Crippen LogP contribution in [0, 0.1) is 6.92 Å². The van der Waals surface area contributed by atoms with Crippen LogP contribution in [0.25, 0.3) is 0 Å². The van der Waals surface area contributed by atoms with Gasteiger partial charge in [0.25, 0.3) is 0 Å². The van der Waals surface area contributed by atoms with Gasteiger partial charge in [-0.25, -0.2) is 13.1 Å². The average Bonchev–Trinajstić information content (AvgIpc) is 3.30. The van der Waals surface area contributed by atoms with Gasteiger partial charge in [0.05, 0.1) is 10.9 Å². The minimum Gasteiger partial charge on any atom is -0.297 e. The van der Waals surface area contributed by atoms with Crippen LogP contribution in [0.1, 0.15) is 29.0 Å². The summed E-state index contributed by atoms with van der Waals surface area (Å²) >= 11 is 1.69. The van der Waals surface area contributed by atoms with E-state index in [-0.39, 0.29) is 12.1 Å². The third-order valence-corrected chi connectivity index (χ3v) is 8.55. The van der Waals surface area contributed by atoms with Crippen LogP contribution in [0.5, 0.6) is 0 Å². The summed E-state index contributed by atoms with van der Waals surface area (Å²) < 4.78 is 29.0. The molecule has 170 valence electrons. The van der Waals surface area contributed by atoms with E-state index >= 15 is 0 Å². The van der Waals surface area contributed by atoms with Crippen molar-refractivity contribution in [1.82, 2.24) is 14.5 Å². The molecule has 2 atom stereocenters. The van der Waals surface area contributed by atoms with Gasteiger partial charge in [-0.3, -0.25) is 9.80 Å². The lowest BCUT2D eigenvalue weighted by Crippen LogP contribution is -2.52. The van der Waals surface area contributed by atoms with Crippen LogP contribution in [-0.2, 0) is 16.6 Å². The Bertz CT molecular complexity index is 1080. The number of thiophene rings is 1. The van der Waals surface area contributed by atoms with Crippen molar-refractivity contribution < 1.29 is 8.42 Å². The minimum absolute atomic E-state index is 0.00842. The highest BCUT2D eigenvalue weighted by Crippen LogP contribution is 2.30. The molecule has 3 aromatic rings. The van der Waals surface area contributed by atoms with Crippen molar-refractivity contribution in [3.05, 3.63) is 88.1 Å². The molecule has 4 rings (SSSR count). The number of piperazine rings is 1. The van der Waals surface area contributed by atoms with Gasteiger partial charge in [0.2, 0.25) is 10.0 Å². The van der Waals surface area contributed by atoms with Crippen molar-refractivity contribution in [3.8, 4) is 0 Å². The van der Waals surface area contributed by atoms with Crippen molar-refractivity contribution in [2.24, 2.45) is 0 Å². The maximum Gasteiger partial charge on any atom is 0.240 e. The number of aryl methyl sites for hydroxylation is 1. The van der Waals surface area contributed by atoms with Gasteiger partial charge in [0, 0.05) is 43.6 Å². The standard InChI is InChI=1S/C25H31N3O2S2/c1-20-10-12-23(13-11-20)32(29,30)26-21(2)25(24-9-6-18-31-24)28-16-14-27(15-17-28)19-22-7-4-3-5-8-22/h3-13,18,21,25-26H,14-17,19H2,1-2H3/t21-,25+/m1/s1. The van der Waals surface area contributed by atoms with Crippen molar-refractivity contribution in [2.45, 2.75) is 37.4 Å². The Balaban J connectivity index is 1.45. The van der Waals surface area contributed by atoms with Gasteiger partial charge in [-0.2, -0.15) is 0 Å². The Morgan fingerprint density at radius 1 is 0.938 bits per heavy atom. The molecule has 0 spiro atoms. The molecule has 1 aliphatic rings. The molecule has 1 N–H and O–H groups in total. The molecule has 5 nitrogen and oxygen atoms in total. The first-order chi connectivity index (χ1) is 15.4. The molecule has 2 heterocycles. The third kappa shape index (κ3) is 5.66. The molecule has 0 aliphatic carbocycles. The first-order valence-corrected chi connectivity index (χ1v) is 13.4. The van der Waals surface area contributed by atoms with E-state index < -0.39 is 10.0 Å². The second kappa shape index (κ2) is 10.3. The summed E-state index contributed by atoms with van der Waals surface area (Å²) in [5.41, 5.74) is 2.37. The van der Waals surface area contributed by atoms with Crippen LogP contribution in [0.2, 0.25) is 0 Å². The number of sulfonamides is 1. The summed E-state index contributed by atoms with van der Waals surface area (Å²) in [7, 11) is -3.58. The monoisotopic (exact) mass is 469 g/mol. The molecular formula is C25H31N3O2S2. The molecule has 7 heteroatoms. The van der Waals surface area contributed by atoms with Gasteiger partial charge in [-0.15, -0.1) is 11.3 Å². The molecule has 1 saturated heterocycles. The number of rotatable bonds is 8. The number of nitrogens with zero attached hydrogens (tertiary/aromatic N) is 2. The van der Waals surface area contributed by atoms with Crippen molar-refractivity contribution in [2.75, 3.05) is 26.2 Å². The van der Waals surface area contributed by atoms with E-state index in [1.807, 2.05) is 38.1 Å². The second-order valence-corrected chi connectivity index (χ2v) is 11.2. The smallest absolute Gasteiger partial charge is 0.240 e. The van der Waals surface area contributed by atoms with E-state index in [1.165, 1.54) is 10.4 Å². The lowest BCUT2D eigenvalue weighted by atomic mass is 10.1. The van der Waals surface area contributed by atoms with Crippen LogP contribution < -0.4 is 4.72 Å². The van der Waals surface area contributed by atoms with E-state index in [1.54, 1.807) is 23.5 Å². The minimum atomic E-state index is -3.58. The predicted molar refractivity (Wildman–Crippen MR) is 131 cm³/mol. The van der Waals surface area contributed by atoms with Crippen LogP contribution >= 0.6 is 11.3 Å². The fourth-order valence-electron chi connectivity index (χ4n) is 4.34. The van der Waals surface area contributed by atoms with E-state index in [9.17, 15) is 8.42 Å². The molecule has 2 aromatic carbocycles. The van der Waals surface area contributed by atoms with Crippen LogP contribution in [0.3, 0.4) is 0 Å². The van der Waals surface area contributed by atoms with Gasteiger partial charge >= 0.3 is 0 Å². The lowest BCUT2D eigenvalue weighted by molar-refractivity contribution is 0.0819. The molecule has 32 heavy (non-hydrogen) atoms. The Morgan fingerprint density at radius 3 is 2.25 bits per heavy atom. The van der Waals surface area contributed by atoms with Gasteiger partial charge in [0.1, 0.15) is 0 Å². The van der Waals surface area contributed by atoms with Crippen molar-refractivity contribution in [3.63, 3.8) is 0 Å². The van der Waals surface area contributed by atoms with Gasteiger partial charge < -0.3 is 0 Å². The van der Waals surface area contributed by atoms with E-state index in [0.717, 1.165) is 38.3 Å². The van der Waals surface area contributed by atoms with E-state index in [0.29, 0.717) is 4.90 Å². The SMILES string of the molecule is Cc1ccc(S(=O)(=O)N[C@H](C)[C@@H](c2cccs2)N2CCN(Cc3ccccc3)CC2)cc1. The summed E-state index contributed by atoms with van der Waals surface area (Å²) in [6, 6.07) is 21.5. The van der Waals surface area contributed by atoms with Crippen LogP contribution in [0.15, 0.2) is 77.0 Å². The fourth-order valence-corrected chi connectivity index (χ4v) is 6.55. The zero-order valence-electron chi connectivity index (χ0n) is 18.6. The number of hydrogen-bond acceptors (Lipinski definition) is 5. The Labute approximate surface area is 195 Å². The van der Waals surface area contributed by atoms with E-state index in [2.05, 4.69) is 50.2 Å². The molecule has 1 fully saturated rings. The largest absolute Gasteiger partial charge is 0.297 e. The van der Waals surface area contributed by atoms with Gasteiger partial charge in [-0.05, 0) is 43.0 Å². The molecule has 0 radical (unpaired) electrons. The molecule has 0 amide bonds. The molecule has 1 aliphatic heterocycles. The molecule has 1 aromatic heterocycles. The molecular weight excluding hydrogens is 438 g/mol. The zero-order chi connectivity index (χ0) is 22.6. The summed E-state index contributed by atoms with van der Waals surface area (Å²) in [6.45, 7) is 8.64. The summed E-state index contributed by atoms with van der Waals surface area (Å²) in [4.78, 5) is 6.40. The topological polar surface area (TPSA) is 52.7 Å². The Hall–Kier alpha value is -2.03. The highest BCUT2D eigenvalue weighted by molar-refractivity contribution is 7.89. The molecule has 0 unspecified atom stereocenters. The van der Waals surface area contributed by atoms with Gasteiger partial charge in [0.15, 0.2) is 0 Å². The quantitative estimate of drug-likeness (QED) is 0.535. The lowest BCUT2D eigenvalue weighted by Gasteiger charge is -2.41. The predicted octanol–water partition coefficient (Wildman–Crippen LogP) is 4.28. The Kier molecular flexibility index (Phi) is 7.43. The maximum absolute atomic E-state index is 13.0. The normalized spacial score (nSPS) is 17.8. The summed E-state index contributed by atoms with van der Waals surface area (Å²) in [6.07, 6.45) is 0. The summed E-state index contributed by atoms with van der Waals surface area (Å²) in [5.74, 6) is 0. The first-order valence-electron chi connectivity index (χ1n) is 11.0. The van der Waals surface area contributed by atoms with Crippen LogP contribution in [0.4, 0.5) is 0 Å². The van der Waals surface area contributed by atoms with Crippen LogP contribution in [-0.4, -0.2) is 50.4 Å². The highest BCUT2D eigenvalue weighted by Gasteiger charge is 2.32. The third-order valence-electron chi connectivity index (χ3n) is 6.03. The number of hydrogen-bond donors (Lipinski definition) is 1. The second-order valence-electron chi connectivity index (χ2n) is 8.48. The molecule has 0 saturated carbocycles. The van der Waals surface area contributed by atoms with Crippen molar-refractivity contribution >= 4 is 21.4 Å². The average molecular weight is 470 g/mol. The zero-order valence-corrected chi connectivity index (χ0v) is 20.3. The number of benzene rings is 2. The Morgan fingerprint density at radius 2 is 1.62 bits per heavy atom. The molecule has 0 bridgehead atoms. The number of nitrogens with one attached hydrogen (secondary N) is 1. The first kappa shape index (κ1) is 23.1. The van der Waals surface area contributed by atoms with Crippen molar-refractivity contribution in [1.29, 1.82) is 0 Å². The van der Waals surface area contributed by atoms with Gasteiger partial charge in [-0.1, -0.05) is 54.1 Å². The van der Waals surface area contributed by atoms with E-state index in [4.69, 9.17) is 0 Å². The summed E-state index contributed by atoms with van der Waals surface area (Å²) in [5, 5.41) is 2.06.